The highest BCUT2D eigenvalue weighted by atomic mass is 19.4. The minimum Gasteiger partial charge on any atom is -0.406 e. The van der Waals surface area contributed by atoms with Crippen LogP contribution in [0.5, 0.6) is 5.75 Å². The standard InChI is InChI=1S/C20H26F3NO4/c1-27-14-2-7-19(26)10-8-18(9-11-19)12-13-24(17(18)25)15-3-5-16(6-4-15)28-20(21,22)23/h3-6,26H,2,7-14H2,1H3. The lowest BCUT2D eigenvalue weighted by atomic mass is 9.66. The van der Waals surface area contributed by atoms with E-state index in [1.807, 2.05) is 0 Å². The van der Waals surface area contributed by atoms with Crippen LogP contribution in [-0.2, 0) is 9.53 Å². The van der Waals surface area contributed by atoms with Crippen molar-refractivity contribution in [2.45, 2.75) is 56.9 Å². The van der Waals surface area contributed by atoms with Crippen molar-refractivity contribution >= 4 is 11.6 Å². The smallest absolute Gasteiger partial charge is 0.406 e. The van der Waals surface area contributed by atoms with E-state index in [-0.39, 0.29) is 11.7 Å². The molecule has 2 fully saturated rings. The van der Waals surface area contributed by atoms with Gasteiger partial charge in [-0.05, 0) is 69.2 Å². The average Bonchev–Trinajstić information content (AvgIpc) is 2.95. The first-order valence-corrected chi connectivity index (χ1v) is 9.56. The lowest BCUT2D eigenvalue weighted by molar-refractivity contribution is -0.274. The molecule has 1 spiro atoms. The number of nitrogens with zero attached hydrogens (tertiary/aromatic N) is 1. The number of alkyl halides is 3. The summed E-state index contributed by atoms with van der Waals surface area (Å²) in [5.41, 5.74) is -0.653. The highest BCUT2D eigenvalue weighted by Crippen LogP contribution is 2.49. The molecule has 28 heavy (non-hydrogen) atoms. The second-order valence-corrected chi connectivity index (χ2v) is 7.85. The summed E-state index contributed by atoms with van der Waals surface area (Å²) in [6.07, 6.45) is -0.189. The van der Waals surface area contributed by atoms with Gasteiger partial charge in [-0.1, -0.05) is 0 Å². The monoisotopic (exact) mass is 401 g/mol. The molecule has 1 aromatic carbocycles. The van der Waals surface area contributed by atoms with Crippen molar-refractivity contribution in [2.24, 2.45) is 5.41 Å². The lowest BCUT2D eigenvalue weighted by Crippen LogP contribution is -2.43. The van der Waals surface area contributed by atoms with Crippen molar-refractivity contribution in [1.29, 1.82) is 0 Å². The average molecular weight is 401 g/mol. The molecule has 1 heterocycles. The molecule has 1 aliphatic heterocycles. The van der Waals surface area contributed by atoms with Crippen LogP contribution in [0.3, 0.4) is 0 Å². The van der Waals surface area contributed by atoms with E-state index in [2.05, 4.69) is 4.74 Å². The first-order valence-electron chi connectivity index (χ1n) is 9.56. The first-order chi connectivity index (χ1) is 13.2. The maximum atomic E-state index is 13.1. The van der Waals surface area contributed by atoms with Gasteiger partial charge in [0.05, 0.1) is 11.0 Å². The second kappa shape index (κ2) is 7.91. The Bertz CT molecular complexity index is 682. The van der Waals surface area contributed by atoms with E-state index < -0.39 is 17.4 Å². The van der Waals surface area contributed by atoms with Crippen molar-refractivity contribution < 1.29 is 32.5 Å². The molecule has 1 aliphatic carbocycles. The van der Waals surface area contributed by atoms with Crippen molar-refractivity contribution in [2.75, 3.05) is 25.2 Å². The highest BCUT2D eigenvalue weighted by molar-refractivity contribution is 6.00. The zero-order valence-corrected chi connectivity index (χ0v) is 15.9. The third-order valence-electron chi connectivity index (χ3n) is 6.02. The zero-order chi connectivity index (χ0) is 20.4. The molecular weight excluding hydrogens is 375 g/mol. The summed E-state index contributed by atoms with van der Waals surface area (Å²) < 4.78 is 45.8. The van der Waals surface area contributed by atoms with Crippen LogP contribution in [0.15, 0.2) is 24.3 Å². The van der Waals surface area contributed by atoms with Gasteiger partial charge in [-0.3, -0.25) is 4.79 Å². The molecule has 8 heteroatoms. The number of carbonyl (C=O) groups excluding carboxylic acids is 1. The van der Waals surface area contributed by atoms with Crippen LogP contribution in [0.25, 0.3) is 0 Å². The van der Waals surface area contributed by atoms with Gasteiger partial charge in [-0.25, -0.2) is 0 Å². The van der Waals surface area contributed by atoms with Gasteiger partial charge in [0, 0.05) is 25.9 Å². The van der Waals surface area contributed by atoms with Gasteiger partial charge in [-0.2, -0.15) is 0 Å². The molecule has 2 aliphatic rings. The number of halogens is 3. The van der Waals surface area contributed by atoms with Gasteiger partial charge in [0.1, 0.15) is 5.75 Å². The second-order valence-electron chi connectivity index (χ2n) is 7.85. The Morgan fingerprint density at radius 2 is 1.75 bits per heavy atom. The predicted molar refractivity (Wildman–Crippen MR) is 97.1 cm³/mol. The number of methoxy groups -OCH3 is 1. The predicted octanol–water partition coefficient (Wildman–Crippen LogP) is 4.04. The Morgan fingerprint density at radius 1 is 1.11 bits per heavy atom. The minimum absolute atomic E-state index is 0.00377. The van der Waals surface area contributed by atoms with E-state index in [0.29, 0.717) is 57.4 Å². The number of aliphatic hydroxyl groups is 1. The van der Waals surface area contributed by atoms with Crippen LogP contribution >= 0.6 is 0 Å². The van der Waals surface area contributed by atoms with Crippen LogP contribution in [0.4, 0.5) is 18.9 Å². The van der Waals surface area contributed by atoms with Crippen molar-refractivity contribution in [1.82, 2.24) is 0 Å². The topological polar surface area (TPSA) is 59.0 Å². The lowest BCUT2D eigenvalue weighted by Gasteiger charge is -2.41. The molecule has 3 rings (SSSR count). The van der Waals surface area contributed by atoms with Crippen molar-refractivity contribution in [3.05, 3.63) is 24.3 Å². The van der Waals surface area contributed by atoms with Gasteiger partial charge in [-0.15, -0.1) is 13.2 Å². The molecule has 0 atom stereocenters. The van der Waals surface area contributed by atoms with Crippen molar-refractivity contribution in [3.63, 3.8) is 0 Å². The maximum Gasteiger partial charge on any atom is 0.573 e. The maximum absolute atomic E-state index is 13.1. The summed E-state index contributed by atoms with van der Waals surface area (Å²) in [5, 5.41) is 10.7. The van der Waals surface area contributed by atoms with Gasteiger partial charge in [0.15, 0.2) is 0 Å². The van der Waals surface area contributed by atoms with Crippen LogP contribution in [0.2, 0.25) is 0 Å². The molecular formula is C20H26F3NO4. The van der Waals surface area contributed by atoms with E-state index in [1.165, 1.54) is 24.3 Å². The Hall–Kier alpha value is -1.80. The third kappa shape index (κ3) is 4.60. The highest BCUT2D eigenvalue weighted by Gasteiger charge is 2.51. The quantitative estimate of drug-likeness (QED) is 0.731. The molecule has 5 nitrogen and oxygen atoms in total. The summed E-state index contributed by atoms with van der Waals surface area (Å²) in [5.74, 6) is -0.313. The van der Waals surface area contributed by atoms with Crippen LogP contribution in [-0.4, -0.2) is 43.2 Å². The summed E-state index contributed by atoms with van der Waals surface area (Å²) in [4.78, 5) is 14.7. The summed E-state index contributed by atoms with van der Waals surface area (Å²) in [6.45, 7) is 1.13. The normalized spacial score (nSPS) is 28.2. The zero-order valence-electron chi connectivity index (χ0n) is 15.9. The minimum atomic E-state index is -4.74. The molecule has 0 unspecified atom stereocenters. The number of ether oxygens (including phenoxy) is 2. The number of benzene rings is 1. The summed E-state index contributed by atoms with van der Waals surface area (Å²) >= 11 is 0. The molecule has 0 aromatic heterocycles. The van der Waals surface area contributed by atoms with Crippen molar-refractivity contribution in [3.8, 4) is 5.75 Å². The molecule has 1 N–H and O–H groups in total. The number of anilines is 1. The summed E-state index contributed by atoms with van der Waals surface area (Å²) in [6, 6.07) is 5.39. The van der Waals surface area contributed by atoms with Gasteiger partial charge in [0.2, 0.25) is 5.91 Å². The van der Waals surface area contributed by atoms with Crippen LogP contribution < -0.4 is 9.64 Å². The fourth-order valence-corrected chi connectivity index (χ4v) is 4.35. The number of amides is 1. The van der Waals surface area contributed by atoms with Gasteiger partial charge < -0.3 is 19.5 Å². The fraction of sp³-hybridized carbons (Fsp3) is 0.650. The number of hydrogen-bond acceptors (Lipinski definition) is 4. The molecule has 1 aromatic rings. The Morgan fingerprint density at radius 3 is 2.32 bits per heavy atom. The molecule has 156 valence electrons. The summed E-state index contributed by atoms with van der Waals surface area (Å²) in [7, 11) is 1.63. The van der Waals surface area contributed by atoms with E-state index in [0.717, 1.165) is 6.42 Å². The van der Waals surface area contributed by atoms with E-state index >= 15 is 0 Å². The van der Waals surface area contributed by atoms with Crippen LogP contribution in [0, 0.1) is 5.41 Å². The Labute approximate surface area is 162 Å². The first kappa shape index (κ1) is 20.9. The van der Waals surface area contributed by atoms with Gasteiger partial charge in [0.25, 0.3) is 0 Å². The molecule has 1 amide bonds. The molecule has 1 saturated heterocycles. The SMILES string of the molecule is COCCCC1(O)CCC2(CCN(c3ccc(OC(F)(F)F)cc3)C2=O)CC1. The number of carbonyl (C=O) groups is 1. The fourth-order valence-electron chi connectivity index (χ4n) is 4.35. The van der Waals surface area contributed by atoms with E-state index in [1.54, 1.807) is 12.0 Å². The van der Waals surface area contributed by atoms with E-state index in [4.69, 9.17) is 4.74 Å². The van der Waals surface area contributed by atoms with Crippen LogP contribution in [0.1, 0.15) is 44.9 Å². The Balaban J connectivity index is 1.62. The Kier molecular flexibility index (Phi) is 5.91. The largest absolute Gasteiger partial charge is 0.573 e. The number of rotatable bonds is 6. The van der Waals surface area contributed by atoms with E-state index in [9.17, 15) is 23.1 Å². The third-order valence-corrected chi connectivity index (χ3v) is 6.02. The molecule has 0 bridgehead atoms. The molecule has 1 saturated carbocycles. The number of hydrogen-bond donors (Lipinski definition) is 1. The van der Waals surface area contributed by atoms with Gasteiger partial charge >= 0.3 is 6.36 Å². The molecule has 0 radical (unpaired) electrons.